The topological polar surface area (TPSA) is 63.7 Å². The zero-order valence-electron chi connectivity index (χ0n) is 13.3. The van der Waals surface area contributed by atoms with Crippen LogP contribution in [-0.4, -0.2) is 31.8 Å². The van der Waals surface area contributed by atoms with E-state index in [9.17, 15) is 13.2 Å². The van der Waals surface area contributed by atoms with E-state index in [1.165, 1.54) is 24.3 Å². The normalized spacial score (nSPS) is 18.6. The fourth-order valence-corrected chi connectivity index (χ4v) is 5.52. The average Bonchev–Trinajstić information content (AvgIpc) is 3.26. The van der Waals surface area contributed by atoms with Crippen molar-refractivity contribution in [2.45, 2.75) is 30.7 Å². The summed E-state index contributed by atoms with van der Waals surface area (Å²) in [5, 5.41) is 1.96. The van der Waals surface area contributed by atoms with Crippen LogP contribution in [0.3, 0.4) is 0 Å². The molecule has 2 heterocycles. The molecule has 0 unspecified atom stereocenters. The van der Waals surface area contributed by atoms with Crippen molar-refractivity contribution < 1.29 is 17.9 Å². The highest BCUT2D eigenvalue weighted by atomic mass is 32.2. The van der Waals surface area contributed by atoms with E-state index in [4.69, 9.17) is 4.74 Å². The Morgan fingerprint density at radius 2 is 2.04 bits per heavy atom. The van der Waals surface area contributed by atoms with E-state index in [0.717, 1.165) is 17.7 Å². The van der Waals surface area contributed by atoms with Gasteiger partial charge in [-0.2, -0.15) is 4.31 Å². The summed E-state index contributed by atoms with van der Waals surface area (Å²) in [5.74, 6) is -0.445. The molecule has 2 aromatic rings. The van der Waals surface area contributed by atoms with Gasteiger partial charge in [-0.05, 0) is 55.5 Å². The van der Waals surface area contributed by atoms with Gasteiger partial charge in [0.2, 0.25) is 10.0 Å². The van der Waals surface area contributed by atoms with Crippen molar-refractivity contribution in [3.8, 4) is 0 Å². The van der Waals surface area contributed by atoms with E-state index in [-0.39, 0.29) is 17.5 Å². The molecule has 0 aliphatic carbocycles. The standard InChI is InChI=1S/C17H19NO4S2/c1-2-22-17(19)13-7-9-14(10-8-13)24(20,21)18-11-3-5-15(18)16-6-4-12-23-16/h4,6-10,12,15H,2-3,5,11H2,1H3/t15-/m0/s1. The van der Waals surface area contributed by atoms with Gasteiger partial charge in [0.25, 0.3) is 0 Å². The third-order valence-electron chi connectivity index (χ3n) is 4.05. The van der Waals surface area contributed by atoms with Gasteiger partial charge in [0.05, 0.1) is 23.1 Å². The number of esters is 1. The number of sulfonamides is 1. The average molecular weight is 365 g/mol. The van der Waals surface area contributed by atoms with E-state index in [1.54, 1.807) is 22.6 Å². The second kappa shape index (κ2) is 7.04. The maximum atomic E-state index is 13.0. The first-order valence-corrected chi connectivity index (χ1v) is 10.2. The number of benzene rings is 1. The molecule has 1 atom stereocenters. The minimum absolute atomic E-state index is 0.0975. The number of hydrogen-bond donors (Lipinski definition) is 0. The van der Waals surface area contributed by atoms with Crippen molar-refractivity contribution in [1.82, 2.24) is 4.31 Å². The van der Waals surface area contributed by atoms with Crippen molar-refractivity contribution in [3.63, 3.8) is 0 Å². The summed E-state index contributed by atoms with van der Waals surface area (Å²) in [5.41, 5.74) is 0.354. The predicted octanol–water partition coefficient (Wildman–Crippen LogP) is 3.45. The predicted molar refractivity (Wildman–Crippen MR) is 92.6 cm³/mol. The van der Waals surface area contributed by atoms with Crippen LogP contribution in [0.1, 0.15) is 41.0 Å². The number of carbonyl (C=O) groups is 1. The summed E-state index contributed by atoms with van der Waals surface area (Å²) < 4.78 is 32.4. The lowest BCUT2D eigenvalue weighted by Crippen LogP contribution is -2.30. The zero-order chi connectivity index (χ0) is 17.2. The number of nitrogens with zero attached hydrogens (tertiary/aromatic N) is 1. The molecule has 0 saturated carbocycles. The first kappa shape index (κ1) is 17.1. The molecule has 24 heavy (non-hydrogen) atoms. The SMILES string of the molecule is CCOC(=O)c1ccc(S(=O)(=O)N2CCC[C@H]2c2cccs2)cc1. The van der Waals surface area contributed by atoms with E-state index >= 15 is 0 Å². The van der Waals surface area contributed by atoms with Gasteiger partial charge in [-0.1, -0.05) is 6.07 Å². The Labute approximate surface area is 145 Å². The molecular weight excluding hydrogens is 346 g/mol. The Balaban J connectivity index is 1.86. The van der Waals surface area contributed by atoms with Crippen molar-refractivity contribution in [2.75, 3.05) is 13.2 Å². The molecule has 0 N–H and O–H groups in total. The number of rotatable bonds is 5. The highest BCUT2D eigenvalue weighted by Gasteiger charge is 2.36. The summed E-state index contributed by atoms with van der Waals surface area (Å²) in [6.07, 6.45) is 1.68. The van der Waals surface area contributed by atoms with Crippen LogP contribution in [0.4, 0.5) is 0 Å². The smallest absolute Gasteiger partial charge is 0.338 e. The number of carbonyl (C=O) groups excluding carboxylic acids is 1. The molecule has 3 rings (SSSR count). The second-order valence-electron chi connectivity index (χ2n) is 5.53. The number of hydrogen-bond acceptors (Lipinski definition) is 5. The highest BCUT2D eigenvalue weighted by molar-refractivity contribution is 7.89. The lowest BCUT2D eigenvalue weighted by atomic mass is 10.2. The van der Waals surface area contributed by atoms with Crippen LogP contribution in [0.25, 0.3) is 0 Å². The van der Waals surface area contributed by atoms with Crippen LogP contribution < -0.4 is 0 Å². The number of ether oxygens (including phenoxy) is 1. The lowest BCUT2D eigenvalue weighted by molar-refractivity contribution is 0.0526. The van der Waals surface area contributed by atoms with Crippen molar-refractivity contribution in [2.24, 2.45) is 0 Å². The van der Waals surface area contributed by atoms with E-state index < -0.39 is 16.0 Å². The first-order chi connectivity index (χ1) is 11.5. The molecule has 1 aliphatic heterocycles. The minimum Gasteiger partial charge on any atom is -0.462 e. The molecule has 0 radical (unpaired) electrons. The fourth-order valence-electron chi connectivity index (χ4n) is 2.91. The number of thiophene rings is 1. The Bertz CT molecular complexity index is 798. The molecule has 1 saturated heterocycles. The quantitative estimate of drug-likeness (QED) is 0.761. The van der Waals surface area contributed by atoms with Gasteiger partial charge in [-0.15, -0.1) is 11.3 Å². The van der Waals surface area contributed by atoms with Gasteiger partial charge in [-0.3, -0.25) is 0 Å². The van der Waals surface area contributed by atoms with Gasteiger partial charge >= 0.3 is 5.97 Å². The summed E-state index contributed by atoms with van der Waals surface area (Å²) in [6.45, 7) is 2.54. The largest absolute Gasteiger partial charge is 0.462 e. The molecule has 1 aromatic carbocycles. The van der Waals surface area contributed by atoms with Crippen LogP contribution in [0.2, 0.25) is 0 Å². The summed E-state index contributed by atoms with van der Waals surface area (Å²) in [4.78, 5) is 13.0. The molecule has 1 fully saturated rings. The molecule has 1 aromatic heterocycles. The van der Waals surface area contributed by atoms with E-state index in [0.29, 0.717) is 12.1 Å². The Kier molecular flexibility index (Phi) is 5.03. The summed E-state index contributed by atoms with van der Waals surface area (Å²) >= 11 is 1.58. The van der Waals surface area contributed by atoms with Crippen LogP contribution >= 0.6 is 11.3 Å². The highest BCUT2D eigenvalue weighted by Crippen LogP contribution is 2.38. The third-order valence-corrected chi connectivity index (χ3v) is 6.94. The molecule has 0 amide bonds. The Morgan fingerprint density at radius 3 is 2.67 bits per heavy atom. The molecule has 5 nitrogen and oxygen atoms in total. The molecule has 1 aliphatic rings. The van der Waals surface area contributed by atoms with Gasteiger partial charge in [0.1, 0.15) is 0 Å². The van der Waals surface area contributed by atoms with Crippen LogP contribution in [0.5, 0.6) is 0 Å². The maximum Gasteiger partial charge on any atom is 0.338 e. The molecular formula is C17H19NO4S2. The monoisotopic (exact) mass is 365 g/mol. The summed E-state index contributed by atoms with van der Waals surface area (Å²) in [6, 6.07) is 9.78. The van der Waals surface area contributed by atoms with Crippen molar-refractivity contribution in [1.29, 1.82) is 0 Å². The lowest BCUT2D eigenvalue weighted by Gasteiger charge is -2.23. The fraction of sp³-hybridized carbons (Fsp3) is 0.353. The van der Waals surface area contributed by atoms with Gasteiger partial charge in [0.15, 0.2) is 0 Å². The van der Waals surface area contributed by atoms with Crippen molar-refractivity contribution >= 4 is 27.3 Å². The third kappa shape index (κ3) is 3.24. The van der Waals surface area contributed by atoms with Crippen molar-refractivity contribution in [3.05, 3.63) is 52.2 Å². The van der Waals surface area contributed by atoms with E-state index in [1.807, 2.05) is 17.5 Å². The zero-order valence-corrected chi connectivity index (χ0v) is 15.0. The first-order valence-electron chi connectivity index (χ1n) is 7.86. The molecule has 7 heteroatoms. The maximum absolute atomic E-state index is 13.0. The Morgan fingerprint density at radius 1 is 1.29 bits per heavy atom. The molecule has 0 spiro atoms. The second-order valence-corrected chi connectivity index (χ2v) is 8.40. The molecule has 0 bridgehead atoms. The minimum atomic E-state index is -3.58. The van der Waals surface area contributed by atoms with Gasteiger partial charge < -0.3 is 4.74 Å². The van der Waals surface area contributed by atoms with E-state index in [2.05, 4.69) is 0 Å². The molecule has 128 valence electrons. The Hall–Kier alpha value is -1.70. The summed E-state index contributed by atoms with van der Waals surface area (Å²) in [7, 11) is -3.58. The van der Waals surface area contributed by atoms with Crippen LogP contribution in [0, 0.1) is 0 Å². The van der Waals surface area contributed by atoms with Crippen LogP contribution in [0.15, 0.2) is 46.7 Å². The van der Waals surface area contributed by atoms with Crippen LogP contribution in [-0.2, 0) is 14.8 Å². The van der Waals surface area contributed by atoms with Gasteiger partial charge in [-0.25, -0.2) is 13.2 Å². The van der Waals surface area contributed by atoms with Gasteiger partial charge in [0, 0.05) is 11.4 Å².